The van der Waals surface area contributed by atoms with Crippen LogP contribution < -0.4 is 0 Å². The molecule has 0 unspecified atom stereocenters. The average Bonchev–Trinajstić information content (AvgIpc) is 3.08. The van der Waals surface area contributed by atoms with E-state index in [9.17, 15) is 4.79 Å². The third-order valence-corrected chi connectivity index (χ3v) is 6.08. The summed E-state index contributed by atoms with van der Waals surface area (Å²) in [5, 5.41) is 3.46. The Morgan fingerprint density at radius 1 is 0.727 bits per heavy atom. The van der Waals surface area contributed by atoms with Crippen molar-refractivity contribution in [1.29, 1.82) is 0 Å². The van der Waals surface area contributed by atoms with Crippen LogP contribution in [0.5, 0.6) is 0 Å². The van der Waals surface area contributed by atoms with Gasteiger partial charge in [0.15, 0.2) is 0 Å². The highest BCUT2D eigenvalue weighted by Gasteiger charge is 2.16. The molecule has 0 bridgehead atoms. The lowest BCUT2D eigenvalue weighted by molar-refractivity contribution is 0.104. The van der Waals surface area contributed by atoms with Crippen LogP contribution in [0.4, 0.5) is 0 Å². The molecule has 5 heteroatoms. The number of ketones is 1. The van der Waals surface area contributed by atoms with Gasteiger partial charge < -0.3 is 0 Å². The van der Waals surface area contributed by atoms with Crippen molar-refractivity contribution in [3.8, 4) is 0 Å². The Balaban J connectivity index is 1.80. The second kappa shape index (κ2) is 5.36. The first-order valence-electron chi connectivity index (χ1n) is 6.53. The number of carbonyl (C=O) groups is 1. The van der Waals surface area contributed by atoms with E-state index in [2.05, 4.69) is 0 Å². The molecule has 108 valence electrons. The van der Waals surface area contributed by atoms with Gasteiger partial charge in [-0.25, -0.2) is 0 Å². The number of thiophene rings is 2. The minimum absolute atomic E-state index is 0.0506. The lowest BCUT2D eigenvalue weighted by Gasteiger charge is -1.90. The van der Waals surface area contributed by atoms with E-state index >= 15 is 0 Å². The van der Waals surface area contributed by atoms with E-state index in [-0.39, 0.29) is 5.78 Å². The molecule has 0 amide bonds. The fraction of sp³-hybridized carbons (Fsp3) is 0. The minimum atomic E-state index is 0.0506. The normalized spacial score (nSPS) is 11.4. The van der Waals surface area contributed by atoms with E-state index in [4.69, 9.17) is 23.2 Å². The molecule has 2 aromatic carbocycles. The van der Waals surface area contributed by atoms with Crippen LogP contribution in [0.3, 0.4) is 0 Å². The maximum Gasteiger partial charge on any atom is 0.212 e. The first-order valence-corrected chi connectivity index (χ1v) is 8.92. The maximum atomic E-state index is 12.7. The maximum absolute atomic E-state index is 12.7. The summed E-state index contributed by atoms with van der Waals surface area (Å²) in [6.45, 7) is 0. The number of carbonyl (C=O) groups excluding carboxylic acids is 1. The van der Waals surface area contributed by atoms with E-state index in [1.165, 1.54) is 22.7 Å². The van der Waals surface area contributed by atoms with Gasteiger partial charge in [0.1, 0.15) is 0 Å². The van der Waals surface area contributed by atoms with Crippen LogP contribution in [-0.2, 0) is 0 Å². The van der Waals surface area contributed by atoms with Crippen molar-refractivity contribution >= 4 is 71.8 Å². The summed E-state index contributed by atoms with van der Waals surface area (Å²) in [4.78, 5) is 14.2. The second-order valence-electron chi connectivity index (χ2n) is 4.91. The van der Waals surface area contributed by atoms with Gasteiger partial charge in [0.2, 0.25) is 5.78 Å². The molecule has 2 aromatic heterocycles. The third kappa shape index (κ3) is 2.44. The zero-order chi connectivity index (χ0) is 15.3. The molecule has 0 N–H and O–H groups in total. The summed E-state index contributed by atoms with van der Waals surface area (Å²) in [6.07, 6.45) is 0. The SMILES string of the molecule is O=C(c1cc2ccc(Cl)cc2s1)c1cc2ccc(Cl)cc2s1. The van der Waals surface area contributed by atoms with E-state index < -0.39 is 0 Å². The molecule has 0 fully saturated rings. The molecule has 22 heavy (non-hydrogen) atoms. The van der Waals surface area contributed by atoms with Gasteiger partial charge in [0.05, 0.1) is 9.75 Å². The van der Waals surface area contributed by atoms with Gasteiger partial charge in [-0.2, -0.15) is 0 Å². The fourth-order valence-electron chi connectivity index (χ4n) is 2.36. The molecular weight excluding hydrogens is 355 g/mol. The molecule has 0 spiro atoms. The zero-order valence-electron chi connectivity index (χ0n) is 11.1. The van der Waals surface area contributed by atoms with Crippen LogP contribution >= 0.6 is 45.9 Å². The van der Waals surface area contributed by atoms with Crippen LogP contribution in [0.15, 0.2) is 48.5 Å². The molecule has 4 aromatic rings. The molecule has 0 atom stereocenters. The van der Waals surface area contributed by atoms with Crippen LogP contribution in [-0.4, -0.2) is 5.78 Å². The number of rotatable bonds is 2. The van der Waals surface area contributed by atoms with Crippen LogP contribution in [0.2, 0.25) is 10.0 Å². The standard InChI is InChI=1S/C17H8Cl2OS2/c18-11-3-1-9-5-15(21-13(9)7-11)17(20)16-6-10-2-4-12(19)8-14(10)22-16/h1-8H. The van der Waals surface area contributed by atoms with E-state index in [0.29, 0.717) is 10.0 Å². The van der Waals surface area contributed by atoms with Gasteiger partial charge >= 0.3 is 0 Å². The van der Waals surface area contributed by atoms with Crippen molar-refractivity contribution in [2.45, 2.75) is 0 Å². The van der Waals surface area contributed by atoms with Gasteiger partial charge in [-0.3, -0.25) is 4.79 Å². The Morgan fingerprint density at radius 2 is 1.18 bits per heavy atom. The van der Waals surface area contributed by atoms with Crippen LogP contribution in [0.1, 0.15) is 14.5 Å². The molecule has 2 heterocycles. The predicted molar refractivity (Wildman–Crippen MR) is 97.1 cm³/mol. The van der Waals surface area contributed by atoms with Crippen LogP contribution in [0, 0.1) is 0 Å². The molecule has 4 rings (SSSR count). The van der Waals surface area contributed by atoms with Gasteiger partial charge in [0, 0.05) is 19.4 Å². The average molecular weight is 363 g/mol. The third-order valence-electron chi connectivity index (χ3n) is 3.41. The number of hydrogen-bond donors (Lipinski definition) is 0. The van der Waals surface area contributed by atoms with Crippen molar-refractivity contribution in [3.63, 3.8) is 0 Å². The summed E-state index contributed by atoms with van der Waals surface area (Å²) in [7, 11) is 0. The summed E-state index contributed by atoms with van der Waals surface area (Å²) in [5.41, 5.74) is 0. The van der Waals surface area contributed by atoms with Crippen molar-refractivity contribution in [2.24, 2.45) is 0 Å². The van der Waals surface area contributed by atoms with Gasteiger partial charge in [0.25, 0.3) is 0 Å². The van der Waals surface area contributed by atoms with Gasteiger partial charge in [-0.05, 0) is 47.2 Å². The predicted octanol–water partition coefficient (Wildman–Crippen LogP) is 6.65. The molecule has 1 nitrogen and oxygen atoms in total. The van der Waals surface area contributed by atoms with E-state index in [0.717, 1.165) is 29.9 Å². The smallest absolute Gasteiger partial charge is 0.212 e. The first-order chi connectivity index (χ1) is 10.6. The highest BCUT2D eigenvalue weighted by molar-refractivity contribution is 7.24. The quantitative estimate of drug-likeness (QED) is 0.364. The molecule has 0 radical (unpaired) electrons. The van der Waals surface area contributed by atoms with E-state index in [1.54, 1.807) is 0 Å². The molecule has 0 saturated heterocycles. The van der Waals surface area contributed by atoms with Crippen molar-refractivity contribution in [1.82, 2.24) is 0 Å². The van der Waals surface area contributed by atoms with Crippen molar-refractivity contribution < 1.29 is 4.79 Å². The van der Waals surface area contributed by atoms with Crippen molar-refractivity contribution in [2.75, 3.05) is 0 Å². The zero-order valence-corrected chi connectivity index (χ0v) is 14.2. The number of benzene rings is 2. The summed E-state index contributed by atoms with van der Waals surface area (Å²) < 4.78 is 2.06. The van der Waals surface area contributed by atoms with E-state index in [1.807, 2.05) is 48.5 Å². The fourth-order valence-corrected chi connectivity index (χ4v) is 5.01. The summed E-state index contributed by atoms with van der Waals surface area (Å²) in [5.74, 6) is 0.0506. The van der Waals surface area contributed by atoms with Gasteiger partial charge in [-0.15, -0.1) is 22.7 Å². The second-order valence-corrected chi connectivity index (χ2v) is 7.96. The highest BCUT2D eigenvalue weighted by atomic mass is 35.5. The molecule has 0 saturated carbocycles. The molecule has 0 aliphatic carbocycles. The number of halogens is 2. The Kier molecular flexibility index (Phi) is 3.46. The Labute approximate surface area is 144 Å². The van der Waals surface area contributed by atoms with Gasteiger partial charge in [-0.1, -0.05) is 35.3 Å². The Bertz CT molecular complexity index is 948. The monoisotopic (exact) mass is 362 g/mol. The Hall–Kier alpha value is -1.39. The highest BCUT2D eigenvalue weighted by Crippen LogP contribution is 2.33. The summed E-state index contributed by atoms with van der Waals surface area (Å²) in [6, 6.07) is 15.2. The first kappa shape index (κ1) is 14.2. The molecule has 0 aliphatic rings. The molecule has 0 aliphatic heterocycles. The van der Waals surface area contributed by atoms with Crippen molar-refractivity contribution in [3.05, 3.63) is 68.3 Å². The van der Waals surface area contributed by atoms with Crippen LogP contribution in [0.25, 0.3) is 20.2 Å². The number of fused-ring (bicyclic) bond motifs is 2. The minimum Gasteiger partial charge on any atom is -0.287 e. The largest absolute Gasteiger partial charge is 0.287 e. The lowest BCUT2D eigenvalue weighted by Crippen LogP contribution is -1.93. The lowest BCUT2D eigenvalue weighted by atomic mass is 10.2. The summed E-state index contributed by atoms with van der Waals surface area (Å²) >= 11 is 15.0. The molecular formula is C17H8Cl2OS2. The number of hydrogen-bond acceptors (Lipinski definition) is 3. The Morgan fingerprint density at radius 3 is 1.64 bits per heavy atom. The topological polar surface area (TPSA) is 17.1 Å².